The maximum Gasteiger partial charge on any atom is 0.238 e. The van der Waals surface area contributed by atoms with E-state index in [4.69, 9.17) is 0 Å². The van der Waals surface area contributed by atoms with Gasteiger partial charge in [0.25, 0.3) is 0 Å². The molecule has 0 unspecified atom stereocenters. The highest BCUT2D eigenvalue weighted by molar-refractivity contribution is 6.24. The van der Waals surface area contributed by atoms with E-state index in [2.05, 4.69) is 55.5 Å². The number of carbonyl (C=O) groups is 2. The summed E-state index contributed by atoms with van der Waals surface area (Å²) in [6.45, 7) is 4.12. The van der Waals surface area contributed by atoms with Crippen LogP contribution in [0, 0.1) is 18.8 Å². The summed E-state index contributed by atoms with van der Waals surface area (Å²) in [5.41, 5.74) is 6.10. The fourth-order valence-corrected chi connectivity index (χ4v) is 6.58. The predicted octanol–water partition coefficient (Wildman–Crippen LogP) is 4.96. The topological polar surface area (TPSA) is 37.4 Å². The Kier molecular flexibility index (Phi) is 3.48. The number of amides is 2. The molecule has 3 aliphatic carbocycles. The molecule has 7 rings (SSSR count). The molecule has 2 atom stereocenters. The monoisotopic (exact) mass is 393 g/mol. The van der Waals surface area contributed by atoms with E-state index in [1.54, 1.807) is 0 Å². The van der Waals surface area contributed by atoms with Gasteiger partial charge in [-0.25, -0.2) is 4.90 Å². The summed E-state index contributed by atoms with van der Waals surface area (Å²) in [5, 5.41) is 0. The van der Waals surface area contributed by atoms with E-state index in [0.717, 1.165) is 17.7 Å². The Morgan fingerprint density at radius 2 is 1.37 bits per heavy atom. The van der Waals surface area contributed by atoms with Gasteiger partial charge in [0, 0.05) is 11.3 Å². The van der Waals surface area contributed by atoms with Crippen LogP contribution >= 0.6 is 0 Å². The number of para-hydroxylation sites is 1. The second kappa shape index (κ2) is 5.91. The quantitative estimate of drug-likeness (QED) is 0.578. The Morgan fingerprint density at radius 3 is 1.97 bits per heavy atom. The van der Waals surface area contributed by atoms with Gasteiger partial charge in [-0.3, -0.25) is 9.59 Å². The molecule has 30 heavy (non-hydrogen) atoms. The van der Waals surface area contributed by atoms with E-state index in [1.807, 2.05) is 31.2 Å². The van der Waals surface area contributed by atoms with Gasteiger partial charge >= 0.3 is 0 Å². The van der Waals surface area contributed by atoms with Crippen LogP contribution in [0.5, 0.6) is 0 Å². The zero-order chi connectivity index (χ0) is 20.6. The normalized spacial score (nSPS) is 28.3. The van der Waals surface area contributed by atoms with Crippen molar-refractivity contribution in [3.8, 4) is 0 Å². The number of nitrogens with zero attached hydrogens (tertiary/aromatic N) is 1. The third-order valence-electron chi connectivity index (χ3n) is 7.71. The summed E-state index contributed by atoms with van der Waals surface area (Å²) < 4.78 is 0. The van der Waals surface area contributed by atoms with Crippen LogP contribution in [0.25, 0.3) is 0 Å². The number of hydrogen-bond acceptors (Lipinski definition) is 2. The number of imide groups is 1. The molecular weight excluding hydrogens is 370 g/mol. The zero-order valence-corrected chi connectivity index (χ0v) is 17.1. The van der Waals surface area contributed by atoms with Crippen molar-refractivity contribution in [3.63, 3.8) is 0 Å². The molecular formula is C27H23NO2. The lowest BCUT2D eigenvalue weighted by Crippen LogP contribution is -2.53. The molecule has 0 saturated carbocycles. The summed E-state index contributed by atoms with van der Waals surface area (Å²) in [6.07, 6.45) is 0.787. The summed E-state index contributed by atoms with van der Waals surface area (Å²) in [6, 6.07) is 24.6. The van der Waals surface area contributed by atoms with E-state index in [-0.39, 0.29) is 29.6 Å². The first-order valence-electron chi connectivity index (χ1n) is 10.7. The van der Waals surface area contributed by atoms with Crippen molar-refractivity contribution in [2.45, 2.75) is 31.6 Å². The molecule has 1 saturated heterocycles. The van der Waals surface area contributed by atoms with E-state index >= 15 is 0 Å². The first kappa shape index (κ1) is 17.6. The van der Waals surface area contributed by atoms with Crippen LogP contribution in [0.4, 0.5) is 5.69 Å². The molecule has 4 aliphatic rings. The molecule has 0 N–H and O–H groups in total. The molecule has 3 aromatic carbocycles. The number of anilines is 1. The van der Waals surface area contributed by atoms with Gasteiger partial charge < -0.3 is 0 Å². The lowest BCUT2D eigenvalue weighted by molar-refractivity contribution is -0.123. The van der Waals surface area contributed by atoms with Crippen molar-refractivity contribution in [1.82, 2.24) is 0 Å². The SMILES string of the molecule is CCC12c3ccccc3C(c3ccccc31)[C@H]1C(=O)N(c3ccccc3C)C(=O)[C@H]12. The fraction of sp³-hybridized carbons (Fsp3) is 0.259. The van der Waals surface area contributed by atoms with Crippen LogP contribution in [-0.4, -0.2) is 11.8 Å². The van der Waals surface area contributed by atoms with Gasteiger partial charge in [-0.05, 0) is 47.2 Å². The standard InChI is InChI=1S/C27H23NO2/c1-3-27-19-13-7-5-11-17(19)22(18-12-6-8-14-20(18)27)23-24(27)26(30)28(25(23)29)21-15-9-4-10-16(21)2/h4-15,22-24H,3H2,1-2H3/t22?,23-,24+,27?/m1/s1. The third kappa shape index (κ3) is 1.86. The Bertz CT molecular complexity index is 1180. The fourth-order valence-electron chi connectivity index (χ4n) is 6.58. The van der Waals surface area contributed by atoms with Crippen LogP contribution < -0.4 is 4.90 Å². The predicted molar refractivity (Wildman–Crippen MR) is 116 cm³/mol. The maximum absolute atomic E-state index is 14.0. The number of carbonyl (C=O) groups excluding carboxylic acids is 2. The maximum atomic E-state index is 14.0. The second-order valence-corrected chi connectivity index (χ2v) is 8.78. The Labute approximate surface area is 176 Å². The molecule has 1 aliphatic heterocycles. The minimum Gasteiger partial charge on any atom is -0.274 e. The highest BCUT2D eigenvalue weighted by Gasteiger charge is 2.67. The summed E-state index contributed by atoms with van der Waals surface area (Å²) in [4.78, 5) is 29.3. The van der Waals surface area contributed by atoms with Gasteiger partial charge in [0.2, 0.25) is 11.8 Å². The van der Waals surface area contributed by atoms with E-state index in [0.29, 0.717) is 0 Å². The van der Waals surface area contributed by atoms with Crippen LogP contribution in [-0.2, 0) is 15.0 Å². The van der Waals surface area contributed by atoms with Crippen molar-refractivity contribution in [3.05, 3.63) is 101 Å². The Balaban J connectivity index is 1.66. The first-order chi connectivity index (χ1) is 14.6. The number of rotatable bonds is 2. The summed E-state index contributed by atoms with van der Waals surface area (Å²) in [7, 11) is 0. The van der Waals surface area contributed by atoms with E-state index < -0.39 is 5.41 Å². The summed E-state index contributed by atoms with van der Waals surface area (Å²) >= 11 is 0. The molecule has 1 heterocycles. The zero-order valence-electron chi connectivity index (χ0n) is 17.1. The number of aryl methyl sites for hydroxylation is 1. The van der Waals surface area contributed by atoms with Crippen LogP contribution in [0.2, 0.25) is 0 Å². The lowest BCUT2D eigenvalue weighted by atomic mass is 9.46. The lowest BCUT2D eigenvalue weighted by Gasteiger charge is -2.54. The van der Waals surface area contributed by atoms with Gasteiger partial charge in [-0.2, -0.15) is 0 Å². The van der Waals surface area contributed by atoms with Gasteiger partial charge in [-0.1, -0.05) is 73.7 Å². The van der Waals surface area contributed by atoms with Crippen molar-refractivity contribution in [2.75, 3.05) is 4.90 Å². The van der Waals surface area contributed by atoms with Crippen molar-refractivity contribution in [1.29, 1.82) is 0 Å². The molecule has 0 aromatic heterocycles. The average molecular weight is 393 g/mol. The smallest absolute Gasteiger partial charge is 0.238 e. The van der Waals surface area contributed by atoms with Gasteiger partial charge in [0.15, 0.2) is 0 Å². The minimum absolute atomic E-state index is 0.0462. The molecule has 3 aromatic rings. The highest BCUT2D eigenvalue weighted by atomic mass is 16.2. The summed E-state index contributed by atoms with van der Waals surface area (Å²) in [5.74, 6) is -0.867. The van der Waals surface area contributed by atoms with Crippen molar-refractivity contribution >= 4 is 17.5 Å². The van der Waals surface area contributed by atoms with Crippen molar-refractivity contribution in [2.24, 2.45) is 11.8 Å². The largest absolute Gasteiger partial charge is 0.274 e. The van der Waals surface area contributed by atoms with Gasteiger partial charge in [0.05, 0.1) is 17.5 Å². The molecule has 3 nitrogen and oxygen atoms in total. The molecule has 0 spiro atoms. The average Bonchev–Trinajstić information content (AvgIpc) is 3.05. The van der Waals surface area contributed by atoms with Crippen molar-refractivity contribution < 1.29 is 9.59 Å². The van der Waals surface area contributed by atoms with Gasteiger partial charge in [-0.15, -0.1) is 0 Å². The van der Waals surface area contributed by atoms with E-state index in [9.17, 15) is 9.59 Å². The first-order valence-corrected chi connectivity index (χ1v) is 10.7. The van der Waals surface area contributed by atoms with Crippen LogP contribution in [0.3, 0.4) is 0 Å². The highest BCUT2D eigenvalue weighted by Crippen LogP contribution is 2.65. The third-order valence-corrected chi connectivity index (χ3v) is 7.71. The Morgan fingerprint density at radius 1 is 0.800 bits per heavy atom. The van der Waals surface area contributed by atoms with Crippen LogP contribution in [0.1, 0.15) is 47.1 Å². The molecule has 3 heteroatoms. The van der Waals surface area contributed by atoms with Gasteiger partial charge in [0.1, 0.15) is 0 Å². The molecule has 148 valence electrons. The Hall–Kier alpha value is -3.20. The minimum atomic E-state index is -0.462. The second-order valence-electron chi connectivity index (χ2n) is 8.78. The molecule has 2 amide bonds. The molecule has 2 bridgehead atoms. The number of benzene rings is 3. The molecule has 0 radical (unpaired) electrons. The molecule has 1 fully saturated rings. The number of hydrogen-bond donors (Lipinski definition) is 0. The van der Waals surface area contributed by atoms with E-state index in [1.165, 1.54) is 27.2 Å². The van der Waals surface area contributed by atoms with Crippen LogP contribution in [0.15, 0.2) is 72.8 Å².